The number of hydrogen-bond donors (Lipinski definition) is 3. The summed E-state index contributed by atoms with van der Waals surface area (Å²) in [6.07, 6.45) is 7.20. The number of hydrogen-bond acceptors (Lipinski definition) is 10. The van der Waals surface area contributed by atoms with Crippen LogP contribution in [0, 0.1) is 15.5 Å². The fourth-order valence-corrected chi connectivity index (χ4v) is 8.57. The van der Waals surface area contributed by atoms with Crippen LogP contribution in [0.15, 0.2) is 95.7 Å². The monoisotopic (exact) mass is 811 g/mol. The van der Waals surface area contributed by atoms with Crippen molar-refractivity contribution in [3.05, 3.63) is 117 Å². The summed E-state index contributed by atoms with van der Waals surface area (Å²) in [6.45, 7) is 11.0. The van der Waals surface area contributed by atoms with Gasteiger partial charge in [0.2, 0.25) is 0 Å². The lowest BCUT2D eigenvalue weighted by Gasteiger charge is -2.39. The second-order valence-corrected chi connectivity index (χ2v) is 17.5. The van der Waals surface area contributed by atoms with Gasteiger partial charge in [-0.25, -0.2) is 18.1 Å². The maximum atomic E-state index is 13.8. The van der Waals surface area contributed by atoms with Gasteiger partial charge < -0.3 is 19.9 Å². The lowest BCUT2D eigenvalue weighted by Crippen LogP contribution is -2.47. The molecule has 3 aromatic carbocycles. The first-order chi connectivity index (χ1) is 27.3. The number of pyridine rings is 1. The molecule has 0 saturated carbocycles. The van der Waals surface area contributed by atoms with Crippen molar-refractivity contribution >= 4 is 61.2 Å². The standard InChI is InChI=1S/C42H46ClN7O6S/c1-4-16-44-37-12-10-34(24-38(37)50(52)53)57(54,55)47-41(51)35-11-9-32(23-39(35)56-33-22-29-14-17-45-40(29)46-26-33)49-20-18-48(19-21-49)27-30-13-15-42(2,3)25-36(30)28-5-7-31(43)8-6-28/h5-12,14,17,22-24,26,44H,4,13,15-16,18-21,25,27H2,1-3H3,(H,45,46)(H,47,51). The van der Waals surface area contributed by atoms with Gasteiger partial charge in [0.25, 0.3) is 21.6 Å². The molecule has 1 fully saturated rings. The zero-order valence-corrected chi connectivity index (χ0v) is 33.8. The Morgan fingerprint density at radius 2 is 1.81 bits per heavy atom. The van der Waals surface area contributed by atoms with Gasteiger partial charge in [0.05, 0.1) is 21.6 Å². The second kappa shape index (κ2) is 16.6. The number of sulfonamides is 1. The second-order valence-electron chi connectivity index (χ2n) is 15.4. The molecule has 5 aromatic rings. The first-order valence-electron chi connectivity index (χ1n) is 19.1. The number of H-pyrrole nitrogens is 1. The Morgan fingerprint density at radius 1 is 1.04 bits per heavy atom. The van der Waals surface area contributed by atoms with Gasteiger partial charge in [0.15, 0.2) is 0 Å². The van der Waals surface area contributed by atoms with Gasteiger partial charge in [-0.3, -0.25) is 19.8 Å². The molecule has 298 valence electrons. The van der Waals surface area contributed by atoms with Crippen LogP contribution in [0.25, 0.3) is 16.6 Å². The third-order valence-electron chi connectivity index (χ3n) is 10.6. The third kappa shape index (κ3) is 9.25. The minimum Gasteiger partial charge on any atom is -0.455 e. The van der Waals surface area contributed by atoms with Crippen molar-refractivity contribution in [1.29, 1.82) is 0 Å². The summed E-state index contributed by atoms with van der Waals surface area (Å²) in [4.78, 5) is 36.7. The molecule has 0 radical (unpaired) electrons. The van der Waals surface area contributed by atoms with Gasteiger partial charge >= 0.3 is 0 Å². The Hall–Kier alpha value is -5.44. The van der Waals surface area contributed by atoms with E-state index >= 15 is 0 Å². The Morgan fingerprint density at radius 3 is 2.54 bits per heavy atom. The summed E-state index contributed by atoms with van der Waals surface area (Å²) in [6, 6.07) is 20.3. The highest BCUT2D eigenvalue weighted by molar-refractivity contribution is 7.90. The van der Waals surface area contributed by atoms with Crippen LogP contribution in [0.5, 0.6) is 11.5 Å². The number of anilines is 2. The number of nitro groups is 1. The van der Waals surface area contributed by atoms with E-state index in [2.05, 4.69) is 55.8 Å². The van der Waals surface area contributed by atoms with Crippen LogP contribution in [0.1, 0.15) is 62.4 Å². The molecule has 0 spiro atoms. The van der Waals surface area contributed by atoms with E-state index in [1.165, 1.54) is 41.1 Å². The molecule has 1 aliphatic carbocycles. The van der Waals surface area contributed by atoms with Crippen LogP contribution < -0.4 is 19.7 Å². The van der Waals surface area contributed by atoms with Gasteiger partial charge in [0, 0.05) is 73.7 Å². The number of halogens is 1. The molecule has 0 atom stereocenters. The van der Waals surface area contributed by atoms with Gasteiger partial charge in [-0.1, -0.05) is 50.1 Å². The fourth-order valence-electron chi connectivity index (χ4n) is 7.45. The van der Waals surface area contributed by atoms with E-state index in [0.717, 1.165) is 74.1 Å². The molecule has 3 N–H and O–H groups in total. The number of rotatable bonds is 13. The smallest absolute Gasteiger partial charge is 0.293 e. The SMILES string of the molecule is CCCNc1ccc(S(=O)(=O)NC(=O)c2ccc(N3CCN(CC4=C(c5ccc(Cl)cc5)CC(C)(C)CC4)CC3)cc2Oc2cnc3[nH]ccc3c2)cc1[N+](=O)[O-]. The number of amides is 1. The van der Waals surface area contributed by atoms with Crippen molar-refractivity contribution < 1.29 is 22.9 Å². The zero-order valence-electron chi connectivity index (χ0n) is 32.2. The molecule has 3 heterocycles. The molecule has 2 aliphatic rings. The lowest BCUT2D eigenvalue weighted by molar-refractivity contribution is -0.384. The number of allylic oxidation sites excluding steroid dienone is 1. The first kappa shape index (κ1) is 39.8. The maximum absolute atomic E-state index is 13.8. The number of aromatic nitrogens is 2. The van der Waals surface area contributed by atoms with Crippen molar-refractivity contribution in [3.63, 3.8) is 0 Å². The lowest BCUT2D eigenvalue weighted by atomic mass is 9.72. The Balaban J connectivity index is 1.11. The zero-order chi connectivity index (χ0) is 40.3. The topological polar surface area (TPSA) is 163 Å². The van der Waals surface area contributed by atoms with Crippen LogP contribution in [-0.2, 0) is 10.0 Å². The van der Waals surface area contributed by atoms with E-state index < -0.39 is 31.4 Å². The van der Waals surface area contributed by atoms with Crippen LogP contribution >= 0.6 is 11.6 Å². The molecule has 7 rings (SSSR count). The van der Waals surface area contributed by atoms with Crippen molar-refractivity contribution in [3.8, 4) is 11.5 Å². The van der Waals surface area contributed by atoms with Gasteiger partial charge in [-0.2, -0.15) is 0 Å². The maximum Gasteiger partial charge on any atom is 0.293 e. The van der Waals surface area contributed by atoms with Crippen LogP contribution in [0.3, 0.4) is 0 Å². The Kier molecular flexibility index (Phi) is 11.6. The van der Waals surface area contributed by atoms with E-state index in [9.17, 15) is 23.3 Å². The molecule has 1 aliphatic heterocycles. The van der Waals surface area contributed by atoms with Crippen molar-refractivity contribution in [2.45, 2.75) is 51.3 Å². The number of piperazine rings is 1. The van der Waals surface area contributed by atoms with E-state index in [1.54, 1.807) is 24.4 Å². The molecule has 15 heteroatoms. The van der Waals surface area contributed by atoms with Gasteiger partial charge in [-0.15, -0.1) is 0 Å². The van der Waals surface area contributed by atoms with E-state index in [4.69, 9.17) is 16.3 Å². The van der Waals surface area contributed by atoms with E-state index in [1.807, 2.05) is 25.1 Å². The number of fused-ring (bicyclic) bond motifs is 1. The van der Waals surface area contributed by atoms with Crippen molar-refractivity contribution in [1.82, 2.24) is 19.6 Å². The largest absolute Gasteiger partial charge is 0.455 e. The summed E-state index contributed by atoms with van der Waals surface area (Å²) < 4.78 is 35.3. The normalized spacial score (nSPS) is 16.1. The average Bonchev–Trinajstić information content (AvgIpc) is 3.66. The first-order valence-corrected chi connectivity index (χ1v) is 20.9. The van der Waals surface area contributed by atoms with Gasteiger partial charge in [-0.05, 0) is 90.8 Å². The molecule has 13 nitrogen and oxygen atoms in total. The number of aromatic amines is 1. The summed E-state index contributed by atoms with van der Waals surface area (Å²) in [5.74, 6) is -0.465. The summed E-state index contributed by atoms with van der Waals surface area (Å²) in [5.41, 5.74) is 5.55. The highest BCUT2D eigenvalue weighted by atomic mass is 35.5. The van der Waals surface area contributed by atoms with E-state index in [-0.39, 0.29) is 22.4 Å². The van der Waals surface area contributed by atoms with Gasteiger partial charge in [0.1, 0.15) is 22.8 Å². The Labute approximate surface area is 337 Å². The van der Waals surface area contributed by atoms with Crippen molar-refractivity contribution in [2.75, 3.05) is 49.5 Å². The van der Waals surface area contributed by atoms with Crippen LogP contribution in [0.2, 0.25) is 5.02 Å². The van der Waals surface area contributed by atoms with Crippen molar-refractivity contribution in [2.24, 2.45) is 5.41 Å². The number of ether oxygens (including phenoxy) is 1. The highest BCUT2D eigenvalue weighted by Gasteiger charge is 2.30. The van der Waals surface area contributed by atoms with Crippen LogP contribution in [0.4, 0.5) is 17.1 Å². The molecule has 0 bridgehead atoms. The summed E-state index contributed by atoms with van der Waals surface area (Å²) >= 11 is 6.23. The highest BCUT2D eigenvalue weighted by Crippen LogP contribution is 2.43. The molecule has 2 aromatic heterocycles. The molecule has 1 amide bonds. The average molecular weight is 812 g/mol. The third-order valence-corrected chi connectivity index (χ3v) is 12.2. The molecular weight excluding hydrogens is 766 g/mol. The summed E-state index contributed by atoms with van der Waals surface area (Å²) in [7, 11) is -4.52. The quantitative estimate of drug-likeness (QED) is 0.0775. The predicted octanol–water partition coefficient (Wildman–Crippen LogP) is 8.64. The summed E-state index contributed by atoms with van der Waals surface area (Å²) in [5, 5.41) is 16.3. The Bertz CT molecular complexity index is 2440. The predicted molar refractivity (Wildman–Crippen MR) is 224 cm³/mol. The number of nitrogens with one attached hydrogen (secondary N) is 3. The number of nitrogens with zero attached hydrogens (tertiary/aromatic N) is 4. The fraction of sp³-hybridized carbons (Fsp3) is 0.333. The molecule has 0 unspecified atom stereocenters. The minimum atomic E-state index is -4.52. The van der Waals surface area contributed by atoms with E-state index in [0.29, 0.717) is 24.4 Å². The number of carbonyl (C=O) groups excluding carboxylic acids is 1. The number of carbonyl (C=O) groups is 1. The molecule has 1 saturated heterocycles. The number of nitro benzene ring substituents is 1. The molecule has 57 heavy (non-hydrogen) atoms. The number of benzene rings is 3. The van der Waals surface area contributed by atoms with Crippen LogP contribution in [-0.4, -0.2) is 73.4 Å². The minimum absolute atomic E-state index is 0.0345. The molecular formula is C42H46ClN7O6S.